The molecule has 134 valence electrons. The normalized spacial score (nSPS) is 11.0. The first kappa shape index (κ1) is 18.8. The summed E-state index contributed by atoms with van der Waals surface area (Å²) in [6.07, 6.45) is 0.646. The first-order valence-electron chi connectivity index (χ1n) is 8.91. The van der Waals surface area contributed by atoms with Crippen LogP contribution in [0.4, 0.5) is 0 Å². The van der Waals surface area contributed by atoms with Crippen molar-refractivity contribution >= 4 is 48.6 Å². The first-order valence-corrected chi connectivity index (χ1v) is 10.6. The van der Waals surface area contributed by atoms with Crippen LogP contribution in [0.1, 0.15) is 41.1 Å². The second-order valence-corrected chi connectivity index (χ2v) is 8.95. The molecule has 26 heavy (non-hydrogen) atoms. The molecular formula is C23H24OS2. The van der Waals surface area contributed by atoms with Crippen molar-refractivity contribution in [1.82, 2.24) is 0 Å². The highest BCUT2D eigenvalue weighted by Crippen LogP contribution is 2.31. The summed E-state index contributed by atoms with van der Waals surface area (Å²) in [6.45, 7) is 8.37. The Morgan fingerprint density at radius 3 is 2.15 bits per heavy atom. The second kappa shape index (κ2) is 8.15. The largest absolute Gasteiger partial charge is 0.293 e. The van der Waals surface area contributed by atoms with Gasteiger partial charge < -0.3 is 0 Å². The number of hydrogen-bond donors (Lipinski definition) is 0. The summed E-state index contributed by atoms with van der Waals surface area (Å²) < 4.78 is 2.60. The van der Waals surface area contributed by atoms with Gasteiger partial charge in [-0.1, -0.05) is 50.2 Å². The van der Waals surface area contributed by atoms with Crippen molar-refractivity contribution in [2.45, 2.75) is 34.1 Å². The van der Waals surface area contributed by atoms with E-state index in [1.807, 2.05) is 30.4 Å². The number of Topliss-reactive ketones (excluding diaryl/α,β-unsaturated/α-hetero) is 1. The molecule has 0 aliphatic heterocycles. The maximum absolute atomic E-state index is 12.1. The Kier molecular flexibility index (Phi) is 5.90. The molecule has 0 radical (unpaired) electrons. The van der Waals surface area contributed by atoms with E-state index in [9.17, 15) is 4.79 Å². The SMILES string of the molecule is Cc1c(C(=O)CC(C)C)sc2ccccc12.Cc1csc2ccccc12. The smallest absolute Gasteiger partial charge is 0.173 e. The van der Waals surface area contributed by atoms with Crippen LogP contribution in [0.25, 0.3) is 20.2 Å². The maximum atomic E-state index is 12.1. The molecule has 0 amide bonds. The highest BCUT2D eigenvalue weighted by Gasteiger charge is 2.15. The van der Waals surface area contributed by atoms with Crippen molar-refractivity contribution in [1.29, 1.82) is 0 Å². The molecule has 2 heterocycles. The fraction of sp³-hybridized carbons (Fsp3) is 0.261. The van der Waals surface area contributed by atoms with Crippen LogP contribution in [-0.4, -0.2) is 5.78 Å². The summed E-state index contributed by atoms with van der Waals surface area (Å²) in [5.41, 5.74) is 2.53. The average molecular weight is 381 g/mol. The lowest BCUT2D eigenvalue weighted by atomic mass is 10.0. The summed E-state index contributed by atoms with van der Waals surface area (Å²) >= 11 is 3.44. The molecule has 0 saturated heterocycles. The Bertz CT molecular complexity index is 1040. The molecule has 0 spiro atoms. The van der Waals surface area contributed by atoms with E-state index in [1.54, 1.807) is 11.3 Å². The number of fused-ring (bicyclic) bond motifs is 2. The lowest BCUT2D eigenvalue weighted by Gasteiger charge is -2.02. The molecule has 0 atom stereocenters. The lowest BCUT2D eigenvalue weighted by Crippen LogP contribution is -2.02. The molecule has 0 N–H and O–H groups in total. The molecule has 0 unspecified atom stereocenters. The molecule has 0 bridgehead atoms. The molecule has 2 aromatic carbocycles. The molecule has 4 aromatic rings. The summed E-state index contributed by atoms with van der Waals surface area (Å²) in [7, 11) is 0. The van der Waals surface area contributed by atoms with E-state index in [1.165, 1.54) is 25.7 Å². The van der Waals surface area contributed by atoms with Crippen molar-refractivity contribution in [3.63, 3.8) is 0 Å². The minimum atomic E-state index is 0.286. The number of aryl methyl sites for hydroxylation is 2. The zero-order valence-corrected chi connectivity index (χ0v) is 17.3. The van der Waals surface area contributed by atoms with Gasteiger partial charge in [-0.15, -0.1) is 22.7 Å². The average Bonchev–Trinajstić information content (AvgIpc) is 3.17. The summed E-state index contributed by atoms with van der Waals surface area (Å²) in [5, 5.41) is 4.82. The summed E-state index contributed by atoms with van der Waals surface area (Å²) in [6, 6.07) is 16.7. The van der Waals surface area contributed by atoms with Crippen LogP contribution in [0.15, 0.2) is 53.9 Å². The fourth-order valence-corrected chi connectivity index (χ4v) is 5.12. The zero-order valence-electron chi connectivity index (χ0n) is 15.7. The topological polar surface area (TPSA) is 17.1 Å². The monoisotopic (exact) mass is 380 g/mol. The molecular weight excluding hydrogens is 356 g/mol. The van der Waals surface area contributed by atoms with Gasteiger partial charge in [-0.05, 0) is 59.2 Å². The van der Waals surface area contributed by atoms with Gasteiger partial charge in [-0.25, -0.2) is 0 Å². The van der Waals surface area contributed by atoms with Crippen LogP contribution in [0, 0.1) is 19.8 Å². The highest BCUT2D eigenvalue weighted by atomic mass is 32.1. The Hall–Kier alpha value is -1.97. The number of hydrogen-bond acceptors (Lipinski definition) is 3. The molecule has 0 fully saturated rings. The lowest BCUT2D eigenvalue weighted by molar-refractivity contribution is 0.0971. The van der Waals surface area contributed by atoms with Crippen LogP contribution >= 0.6 is 22.7 Å². The number of thiophene rings is 2. The van der Waals surface area contributed by atoms with Gasteiger partial charge in [0.05, 0.1) is 4.88 Å². The van der Waals surface area contributed by atoms with Crippen LogP contribution in [0.2, 0.25) is 0 Å². The van der Waals surface area contributed by atoms with Crippen molar-refractivity contribution < 1.29 is 4.79 Å². The van der Waals surface area contributed by atoms with Gasteiger partial charge >= 0.3 is 0 Å². The van der Waals surface area contributed by atoms with Gasteiger partial charge in [0, 0.05) is 15.8 Å². The number of rotatable bonds is 3. The van der Waals surface area contributed by atoms with Crippen LogP contribution in [0.3, 0.4) is 0 Å². The van der Waals surface area contributed by atoms with Crippen molar-refractivity contribution in [2.75, 3.05) is 0 Å². The van der Waals surface area contributed by atoms with Crippen molar-refractivity contribution in [3.05, 3.63) is 69.9 Å². The third-order valence-electron chi connectivity index (χ3n) is 4.37. The molecule has 4 rings (SSSR count). The molecule has 0 aliphatic carbocycles. The van der Waals surface area contributed by atoms with Crippen LogP contribution in [-0.2, 0) is 0 Å². The molecule has 1 nitrogen and oxygen atoms in total. The molecule has 3 heteroatoms. The Balaban J connectivity index is 0.000000167. The van der Waals surface area contributed by atoms with E-state index in [2.05, 4.69) is 62.5 Å². The van der Waals surface area contributed by atoms with Gasteiger partial charge in [-0.2, -0.15) is 0 Å². The van der Waals surface area contributed by atoms with E-state index in [0.29, 0.717) is 12.3 Å². The van der Waals surface area contributed by atoms with E-state index in [4.69, 9.17) is 0 Å². The predicted molar refractivity (Wildman–Crippen MR) is 117 cm³/mol. The third-order valence-corrected chi connectivity index (χ3v) is 6.76. The molecule has 0 aliphatic rings. The van der Waals surface area contributed by atoms with Gasteiger partial charge in [0.1, 0.15) is 0 Å². The van der Waals surface area contributed by atoms with Gasteiger partial charge in [0.25, 0.3) is 0 Å². The summed E-state index contributed by atoms with van der Waals surface area (Å²) in [4.78, 5) is 13.0. The minimum absolute atomic E-state index is 0.286. The quantitative estimate of drug-likeness (QED) is 0.334. The van der Waals surface area contributed by atoms with E-state index in [-0.39, 0.29) is 5.78 Å². The Morgan fingerprint density at radius 1 is 0.923 bits per heavy atom. The molecule has 2 aromatic heterocycles. The summed E-state index contributed by atoms with van der Waals surface area (Å²) in [5.74, 6) is 0.714. The Labute approximate surface area is 163 Å². The van der Waals surface area contributed by atoms with Gasteiger partial charge in [0.2, 0.25) is 0 Å². The number of benzene rings is 2. The third kappa shape index (κ3) is 4.05. The number of carbonyl (C=O) groups is 1. The second-order valence-electron chi connectivity index (χ2n) is 6.99. The number of ketones is 1. The first-order chi connectivity index (χ1) is 12.5. The van der Waals surface area contributed by atoms with E-state index in [0.717, 1.165) is 10.4 Å². The zero-order chi connectivity index (χ0) is 18.7. The molecule has 0 saturated carbocycles. The highest BCUT2D eigenvalue weighted by molar-refractivity contribution is 7.21. The predicted octanol–water partition coefficient (Wildman–Crippen LogP) is 7.65. The van der Waals surface area contributed by atoms with E-state index >= 15 is 0 Å². The van der Waals surface area contributed by atoms with Gasteiger partial charge in [-0.3, -0.25) is 4.79 Å². The minimum Gasteiger partial charge on any atom is -0.293 e. The van der Waals surface area contributed by atoms with Crippen molar-refractivity contribution in [3.8, 4) is 0 Å². The Morgan fingerprint density at radius 2 is 1.54 bits per heavy atom. The number of carbonyl (C=O) groups excluding carboxylic acids is 1. The maximum Gasteiger partial charge on any atom is 0.173 e. The van der Waals surface area contributed by atoms with E-state index < -0.39 is 0 Å². The van der Waals surface area contributed by atoms with Crippen LogP contribution < -0.4 is 0 Å². The standard InChI is InChI=1S/C14H16OS.C9H8S/c1-9(2)8-12(15)14-10(3)11-6-4-5-7-13(11)16-14;1-7-6-10-9-5-3-2-4-8(7)9/h4-7,9H,8H2,1-3H3;2-6H,1H3. The van der Waals surface area contributed by atoms with Crippen molar-refractivity contribution in [2.24, 2.45) is 5.92 Å². The fourth-order valence-electron chi connectivity index (χ4n) is 3.01. The van der Waals surface area contributed by atoms with Crippen LogP contribution in [0.5, 0.6) is 0 Å². The van der Waals surface area contributed by atoms with Gasteiger partial charge in [0.15, 0.2) is 5.78 Å².